The molecular formula is C26H22ClN3OS. The zero-order valence-corrected chi connectivity index (χ0v) is 19.6. The van der Waals surface area contributed by atoms with Crippen molar-refractivity contribution >= 4 is 33.2 Å². The number of pyridine rings is 1. The molecule has 0 N–H and O–H groups in total. The third-order valence-electron chi connectivity index (χ3n) is 5.99. The Kier molecular flexibility index (Phi) is 5.58. The van der Waals surface area contributed by atoms with Crippen molar-refractivity contribution in [3.8, 4) is 23.0 Å². The van der Waals surface area contributed by atoms with E-state index in [0.29, 0.717) is 11.6 Å². The molecule has 0 spiro atoms. The standard InChI is InChI=1S/C26H22ClN3OS/c1-16-15-32-25-20(11-12-28-24(16)25)22-14-19(27)10-9-18(22)6-5-13-30-17(2)29-23-8-4-3-7-21(23)26(30)31/h9-12,14-15H,3-4,7-8,13H2,1-2H3. The van der Waals surface area contributed by atoms with Crippen LogP contribution in [0.5, 0.6) is 0 Å². The van der Waals surface area contributed by atoms with Gasteiger partial charge in [-0.3, -0.25) is 14.3 Å². The molecule has 0 saturated heterocycles. The van der Waals surface area contributed by atoms with Crippen molar-refractivity contribution < 1.29 is 0 Å². The van der Waals surface area contributed by atoms with Crippen LogP contribution in [0.2, 0.25) is 5.02 Å². The number of hydrogen-bond donors (Lipinski definition) is 0. The predicted octanol–water partition coefficient (Wildman–Crippen LogP) is 5.72. The van der Waals surface area contributed by atoms with Crippen LogP contribution in [0, 0.1) is 25.7 Å². The van der Waals surface area contributed by atoms with E-state index in [1.54, 1.807) is 15.9 Å². The van der Waals surface area contributed by atoms with Crippen LogP contribution < -0.4 is 5.56 Å². The van der Waals surface area contributed by atoms with E-state index in [2.05, 4.69) is 34.1 Å². The third-order valence-corrected chi connectivity index (χ3v) is 7.35. The summed E-state index contributed by atoms with van der Waals surface area (Å²) in [5.41, 5.74) is 6.99. The summed E-state index contributed by atoms with van der Waals surface area (Å²) in [5.74, 6) is 7.22. The largest absolute Gasteiger partial charge is 0.285 e. The molecule has 0 aliphatic heterocycles. The van der Waals surface area contributed by atoms with Gasteiger partial charge in [0.05, 0.1) is 22.5 Å². The van der Waals surface area contributed by atoms with Crippen LogP contribution in [-0.2, 0) is 19.4 Å². The summed E-state index contributed by atoms with van der Waals surface area (Å²) >= 11 is 8.03. The predicted molar refractivity (Wildman–Crippen MR) is 132 cm³/mol. The molecule has 0 atom stereocenters. The summed E-state index contributed by atoms with van der Waals surface area (Å²) in [6.07, 6.45) is 5.70. The molecule has 0 bridgehead atoms. The van der Waals surface area contributed by atoms with Crippen molar-refractivity contribution in [2.75, 3.05) is 0 Å². The van der Waals surface area contributed by atoms with Gasteiger partial charge >= 0.3 is 0 Å². The number of nitrogens with zero attached hydrogens (tertiary/aromatic N) is 3. The summed E-state index contributed by atoms with van der Waals surface area (Å²) in [6.45, 7) is 4.27. The number of rotatable bonds is 2. The summed E-state index contributed by atoms with van der Waals surface area (Å²) in [5, 5.41) is 2.78. The Morgan fingerprint density at radius 2 is 2.00 bits per heavy atom. The minimum atomic E-state index is 0.0581. The Hall–Kier alpha value is -2.94. The highest BCUT2D eigenvalue weighted by molar-refractivity contribution is 7.17. The first-order valence-electron chi connectivity index (χ1n) is 10.7. The molecular weight excluding hydrogens is 438 g/mol. The zero-order valence-electron chi connectivity index (χ0n) is 18.0. The molecule has 0 fully saturated rings. The van der Waals surface area contributed by atoms with E-state index in [1.165, 1.54) is 0 Å². The van der Waals surface area contributed by atoms with Gasteiger partial charge in [-0.25, -0.2) is 4.98 Å². The van der Waals surface area contributed by atoms with Crippen LogP contribution in [0.25, 0.3) is 21.3 Å². The molecule has 0 amide bonds. The summed E-state index contributed by atoms with van der Waals surface area (Å²) in [4.78, 5) is 22.2. The third kappa shape index (κ3) is 3.74. The topological polar surface area (TPSA) is 47.8 Å². The molecule has 4 nitrogen and oxygen atoms in total. The molecule has 5 rings (SSSR count). The molecule has 0 saturated carbocycles. The van der Waals surface area contributed by atoms with E-state index in [0.717, 1.165) is 75.2 Å². The normalized spacial score (nSPS) is 13.0. The highest BCUT2D eigenvalue weighted by Crippen LogP contribution is 2.36. The SMILES string of the molecule is Cc1csc2c(-c3cc(Cl)ccc3C#CCn3c(C)nc4c(c3=O)CCCC4)ccnc12. The van der Waals surface area contributed by atoms with E-state index >= 15 is 0 Å². The number of thiophene rings is 1. The molecule has 1 aliphatic carbocycles. The van der Waals surface area contributed by atoms with Crippen molar-refractivity contribution in [1.29, 1.82) is 0 Å². The van der Waals surface area contributed by atoms with E-state index < -0.39 is 0 Å². The van der Waals surface area contributed by atoms with Gasteiger partial charge in [-0.05, 0) is 74.7 Å². The lowest BCUT2D eigenvalue weighted by Crippen LogP contribution is -2.30. The molecule has 1 aliphatic rings. The van der Waals surface area contributed by atoms with E-state index in [1.807, 2.05) is 37.4 Å². The van der Waals surface area contributed by atoms with Crippen molar-refractivity contribution in [2.24, 2.45) is 0 Å². The fourth-order valence-electron chi connectivity index (χ4n) is 4.32. The highest BCUT2D eigenvalue weighted by atomic mass is 35.5. The van der Waals surface area contributed by atoms with E-state index in [9.17, 15) is 4.79 Å². The smallest absolute Gasteiger partial charge is 0.257 e. The van der Waals surface area contributed by atoms with Gasteiger partial charge in [-0.1, -0.05) is 23.4 Å². The average Bonchev–Trinajstić information content (AvgIpc) is 3.18. The van der Waals surface area contributed by atoms with Gasteiger partial charge in [0.25, 0.3) is 5.56 Å². The van der Waals surface area contributed by atoms with Crippen molar-refractivity contribution in [3.05, 3.63) is 79.4 Å². The van der Waals surface area contributed by atoms with Gasteiger partial charge in [0.15, 0.2) is 0 Å². The lowest BCUT2D eigenvalue weighted by Gasteiger charge is -2.17. The van der Waals surface area contributed by atoms with E-state index in [4.69, 9.17) is 11.6 Å². The van der Waals surface area contributed by atoms with Crippen LogP contribution in [0.1, 0.15) is 41.1 Å². The summed E-state index contributed by atoms with van der Waals surface area (Å²) in [7, 11) is 0. The van der Waals surface area contributed by atoms with Crippen molar-refractivity contribution in [3.63, 3.8) is 0 Å². The Morgan fingerprint density at radius 3 is 2.88 bits per heavy atom. The summed E-state index contributed by atoms with van der Waals surface area (Å²) in [6, 6.07) is 7.76. The molecule has 4 aromatic rings. The Balaban J connectivity index is 1.55. The fraction of sp³-hybridized carbons (Fsp3) is 0.269. The fourth-order valence-corrected chi connectivity index (χ4v) is 5.53. The number of hydrogen-bond acceptors (Lipinski definition) is 4. The minimum Gasteiger partial charge on any atom is -0.285 e. The first-order chi connectivity index (χ1) is 15.5. The maximum Gasteiger partial charge on any atom is 0.257 e. The van der Waals surface area contributed by atoms with Crippen molar-refractivity contribution in [1.82, 2.24) is 14.5 Å². The monoisotopic (exact) mass is 459 g/mol. The van der Waals surface area contributed by atoms with Gasteiger partial charge in [-0.15, -0.1) is 11.3 Å². The maximum atomic E-state index is 13.0. The zero-order chi connectivity index (χ0) is 22.2. The number of halogens is 1. The minimum absolute atomic E-state index is 0.0581. The maximum absolute atomic E-state index is 13.0. The Labute approximate surface area is 195 Å². The molecule has 0 radical (unpaired) electrons. The lowest BCUT2D eigenvalue weighted by molar-refractivity contribution is 0.615. The second kappa shape index (κ2) is 8.54. The Bertz CT molecular complexity index is 1470. The molecule has 0 unspecified atom stereocenters. The van der Waals surface area contributed by atoms with Crippen LogP contribution in [-0.4, -0.2) is 14.5 Å². The Morgan fingerprint density at radius 1 is 1.16 bits per heavy atom. The molecule has 32 heavy (non-hydrogen) atoms. The average molecular weight is 460 g/mol. The highest BCUT2D eigenvalue weighted by Gasteiger charge is 2.17. The van der Waals surface area contributed by atoms with Crippen LogP contribution in [0.15, 0.2) is 40.6 Å². The van der Waals surface area contributed by atoms with Crippen LogP contribution in [0.4, 0.5) is 0 Å². The number of aromatic nitrogens is 3. The van der Waals surface area contributed by atoms with Gasteiger partial charge in [0.2, 0.25) is 0 Å². The second-order valence-electron chi connectivity index (χ2n) is 8.13. The van der Waals surface area contributed by atoms with Gasteiger partial charge < -0.3 is 0 Å². The van der Waals surface area contributed by atoms with E-state index in [-0.39, 0.29) is 5.56 Å². The second-order valence-corrected chi connectivity index (χ2v) is 9.45. The number of fused-ring (bicyclic) bond motifs is 2. The molecule has 1 aromatic carbocycles. The van der Waals surface area contributed by atoms with Gasteiger partial charge in [0.1, 0.15) is 5.82 Å². The molecule has 3 heterocycles. The van der Waals surface area contributed by atoms with Crippen molar-refractivity contribution in [2.45, 2.75) is 46.1 Å². The molecule has 160 valence electrons. The van der Waals surface area contributed by atoms with Gasteiger partial charge in [-0.2, -0.15) is 0 Å². The quantitative estimate of drug-likeness (QED) is 0.360. The van der Waals surface area contributed by atoms with Crippen LogP contribution >= 0.6 is 22.9 Å². The molecule has 6 heteroatoms. The van der Waals surface area contributed by atoms with Crippen LogP contribution in [0.3, 0.4) is 0 Å². The lowest BCUT2D eigenvalue weighted by atomic mass is 9.97. The van der Waals surface area contributed by atoms with Gasteiger partial charge in [0, 0.05) is 33.5 Å². The number of benzene rings is 1. The summed E-state index contributed by atoms with van der Waals surface area (Å²) < 4.78 is 2.82. The molecule has 3 aromatic heterocycles. The first kappa shape index (κ1) is 20.9. The first-order valence-corrected chi connectivity index (χ1v) is 12.0. The number of aryl methyl sites for hydroxylation is 3.